The number of nitrogens with two attached hydrogens (primary N) is 1. The molecule has 1 aromatic heterocycles. The molecule has 1 aromatic carbocycles. The number of rotatable bonds is 5. The normalized spacial score (nSPS) is 10.8. The first-order chi connectivity index (χ1) is 9.54. The van der Waals surface area contributed by atoms with E-state index in [1.165, 1.54) is 0 Å². The molecule has 0 bridgehead atoms. The maximum Gasteiger partial charge on any atom is 0.152 e. The molecule has 0 unspecified atom stereocenters. The number of ether oxygens (including phenoxy) is 1. The number of anilines is 3. The molecular weight excluding hydrogens is 252 g/mol. The van der Waals surface area contributed by atoms with Crippen molar-refractivity contribution >= 4 is 17.2 Å². The van der Waals surface area contributed by atoms with E-state index < -0.39 is 0 Å². The van der Waals surface area contributed by atoms with Gasteiger partial charge in [-0.25, -0.2) is 4.68 Å². The summed E-state index contributed by atoms with van der Waals surface area (Å²) in [6, 6.07) is 8.05. The molecule has 0 amide bonds. The van der Waals surface area contributed by atoms with Crippen LogP contribution in [-0.2, 0) is 0 Å². The van der Waals surface area contributed by atoms with Gasteiger partial charge in [0.25, 0.3) is 0 Å². The van der Waals surface area contributed by atoms with Crippen molar-refractivity contribution in [2.75, 3.05) is 17.7 Å². The lowest BCUT2D eigenvalue weighted by Crippen LogP contribution is -2.09. The second-order valence-electron chi connectivity index (χ2n) is 4.94. The molecule has 5 nitrogen and oxygen atoms in total. The van der Waals surface area contributed by atoms with E-state index in [-0.39, 0.29) is 6.04 Å². The fourth-order valence-corrected chi connectivity index (χ4v) is 2.04. The van der Waals surface area contributed by atoms with Gasteiger partial charge in [0.05, 0.1) is 23.7 Å². The largest absolute Gasteiger partial charge is 0.492 e. The topological polar surface area (TPSA) is 65.1 Å². The molecule has 20 heavy (non-hydrogen) atoms. The number of aromatic nitrogens is 2. The van der Waals surface area contributed by atoms with Gasteiger partial charge in [-0.15, -0.1) is 0 Å². The highest BCUT2D eigenvalue weighted by Crippen LogP contribution is 2.32. The first kappa shape index (κ1) is 14.2. The standard InChI is InChI=1S/C15H22N4O/c1-5-20-13-9-7-6-8-12(13)17-15-14(16)11(4)18-19(15)10(2)3/h6-10,17H,5,16H2,1-4H3. The summed E-state index contributed by atoms with van der Waals surface area (Å²) in [5.74, 6) is 1.62. The van der Waals surface area contributed by atoms with Crippen molar-refractivity contribution in [3.8, 4) is 5.75 Å². The summed E-state index contributed by atoms with van der Waals surface area (Å²) < 4.78 is 7.52. The number of hydrogen-bond acceptors (Lipinski definition) is 4. The van der Waals surface area contributed by atoms with Gasteiger partial charge in [0.2, 0.25) is 0 Å². The Labute approximate surface area is 119 Å². The third-order valence-electron chi connectivity index (χ3n) is 3.06. The molecule has 108 valence electrons. The number of nitrogens with one attached hydrogen (secondary N) is 1. The molecule has 0 saturated carbocycles. The van der Waals surface area contributed by atoms with Crippen LogP contribution >= 0.6 is 0 Å². The van der Waals surface area contributed by atoms with Crippen molar-refractivity contribution in [2.45, 2.75) is 33.7 Å². The summed E-state index contributed by atoms with van der Waals surface area (Å²) in [6.07, 6.45) is 0. The van der Waals surface area contributed by atoms with Crippen molar-refractivity contribution < 1.29 is 4.74 Å². The van der Waals surface area contributed by atoms with Gasteiger partial charge < -0.3 is 15.8 Å². The molecule has 3 N–H and O–H groups in total. The van der Waals surface area contributed by atoms with Gasteiger partial charge in [-0.05, 0) is 39.8 Å². The van der Waals surface area contributed by atoms with Gasteiger partial charge in [-0.3, -0.25) is 0 Å². The maximum atomic E-state index is 6.13. The van der Waals surface area contributed by atoms with Crippen molar-refractivity contribution in [3.05, 3.63) is 30.0 Å². The van der Waals surface area contributed by atoms with E-state index in [1.807, 2.05) is 42.8 Å². The average Bonchev–Trinajstić information content (AvgIpc) is 2.70. The Bertz CT molecular complexity index is 590. The fraction of sp³-hybridized carbons (Fsp3) is 0.400. The van der Waals surface area contributed by atoms with Crippen molar-refractivity contribution in [1.82, 2.24) is 9.78 Å². The highest BCUT2D eigenvalue weighted by molar-refractivity contribution is 5.74. The minimum absolute atomic E-state index is 0.229. The SMILES string of the molecule is CCOc1ccccc1Nc1c(N)c(C)nn1C(C)C. The second kappa shape index (κ2) is 5.86. The molecule has 1 heterocycles. The van der Waals surface area contributed by atoms with Crippen LogP contribution in [0, 0.1) is 6.92 Å². The first-order valence-electron chi connectivity index (χ1n) is 6.88. The van der Waals surface area contributed by atoms with E-state index in [0.717, 1.165) is 22.9 Å². The lowest BCUT2D eigenvalue weighted by atomic mass is 10.2. The minimum atomic E-state index is 0.229. The minimum Gasteiger partial charge on any atom is -0.492 e. The van der Waals surface area contributed by atoms with E-state index >= 15 is 0 Å². The molecule has 2 rings (SSSR count). The molecule has 2 aromatic rings. The number of nitrogens with zero attached hydrogens (tertiary/aromatic N) is 2. The molecule has 0 atom stereocenters. The predicted octanol–water partition coefficient (Wildman–Crippen LogP) is 3.50. The van der Waals surface area contributed by atoms with Crippen molar-refractivity contribution in [2.24, 2.45) is 0 Å². The van der Waals surface area contributed by atoms with E-state index in [0.29, 0.717) is 12.3 Å². The van der Waals surface area contributed by atoms with Crippen LogP contribution in [-0.4, -0.2) is 16.4 Å². The summed E-state index contributed by atoms with van der Waals surface area (Å²) in [7, 11) is 0. The zero-order valence-electron chi connectivity index (χ0n) is 12.5. The smallest absolute Gasteiger partial charge is 0.152 e. The van der Waals surface area contributed by atoms with Crippen molar-refractivity contribution in [3.63, 3.8) is 0 Å². The van der Waals surface area contributed by atoms with Gasteiger partial charge in [-0.2, -0.15) is 5.10 Å². The van der Waals surface area contributed by atoms with Crippen LogP contribution < -0.4 is 15.8 Å². The molecular formula is C15H22N4O. The Morgan fingerprint density at radius 2 is 2.05 bits per heavy atom. The average molecular weight is 274 g/mol. The van der Waals surface area contributed by atoms with Crippen LogP contribution in [0.25, 0.3) is 0 Å². The lowest BCUT2D eigenvalue weighted by Gasteiger charge is -2.16. The molecule has 0 aliphatic carbocycles. The summed E-state index contributed by atoms with van der Waals surface area (Å²) in [4.78, 5) is 0. The molecule has 0 aliphatic rings. The summed E-state index contributed by atoms with van der Waals surface area (Å²) >= 11 is 0. The summed E-state index contributed by atoms with van der Waals surface area (Å²) in [6.45, 7) is 8.65. The number of nitrogen functional groups attached to an aromatic ring is 1. The number of para-hydroxylation sites is 2. The van der Waals surface area contributed by atoms with Crippen molar-refractivity contribution in [1.29, 1.82) is 0 Å². The highest BCUT2D eigenvalue weighted by atomic mass is 16.5. The van der Waals surface area contributed by atoms with Crippen LogP contribution in [0.1, 0.15) is 32.5 Å². The molecule has 0 saturated heterocycles. The molecule has 0 fully saturated rings. The molecule has 0 radical (unpaired) electrons. The van der Waals surface area contributed by atoms with Gasteiger partial charge >= 0.3 is 0 Å². The summed E-state index contributed by atoms with van der Waals surface area (Å²) in [5.41, 5.74) is 8.52. The Morgan fingerprint density at radius 3 is 2.70 bits per heavy atom. The van der Waals surface area contributed by atoms with Gasteiger partial charge in [0.1, 0.15) is 5.75 Å². The number of hydrogen-bond donors (Lipinski definition) is 2. The van der Waals surface area contributed by atoms with Crippen LogP contribution in [0.2, 0.25) is 0 Å². The van der Waals surface area contributed by atoms with E-state index in [9.17, 15) is 0 Å². The van der Waals surface area contributed by atoms with Crippen LogP contribution in [0.15, 0.2) is 24.3 Å². The van der Waals surface area contributed by atoms with Gasteiger partial charge in [0, 0.05) is 6.04 Å². The Balaban J connectivity index is 2.40. The third kappa shape index (κ3) is 2.71. The number of benzene rings is 1. The number of aryl methyl sites for hydroxylation is 1. The second-order valence-corrected chi connectivity index (χ2v) is 4.94. The fourth-order valence-electron chi connectivity index (χ4n) is 2.04. The molecule has 5 heteroatoms. The van der Waals surface area contributed by atoms with E-state index in [1.54, 1.807) is 0 Å². The first-order valence-corrected chi connectivity index (χ1v) is 6.88. The quantitative estimate of drug-likeness (QED) is 0.876. The zero-order valence-corrected chi connectivity index (χ0v) is 12.5. The third-order valence-corrected chi connectivity index (χ3v) is 3.06. The van der Waals surface area contributed by atoms with E-state index in [4.69, 9.17) is 10.5 Å². The van der Waals surface area contributed by atoms with Gasteiger partial charge in [-0.1, -0.05) is 12.1 Å². The predicted molar refractivity (Wildman–Crippen MR) is 82.7 cm³/mol. The highest BCUT2D eigenvalue weighted by Gasteiger charge is 2.16. The maximum absolute atomic E-state index is 6.13. The van der Waals surface area contributed by atoms with Crippen LogP contribution in [0.4, 0.5) is 17.2 Å². The molecule has 0 aliphatic heterocycles. The van der Waals surface area contributed by atoms with E-state index in [2.05, 4.69) is 24.3 Å². The Hall–Kier alpha value is -2.17. The molecule has 0 spiro atoms. The van der Waals surface area contributed by atoms with Crippen LogP contribution in [0.3, 0.4) is 0 Å². The zero-order chi connectivity index (χ0) is 14.7. The lowest BCUT2D eigenvalue weighted by molar-refractivity contribution is 0.342. The van der Waals surface area contributed by atoms with Crippen LogP contribution in [0.5, 0.6) is 5.75 Å². The monoisotopic (exact) mass is 274 g/mol. The summed E-state index contributed by atoms with van der Waals surface area (Å²) in [5, 5.41) is 7.82. The Kier molecular flexibility index (Phi) is 4.17. The Morgan fingerprint density at radius 1 is 1.35 bits per heavy atom. The van der Waals surface area contributed by atoms with Gasteiger partial charge in [0.15, 0.2) is 5.82 Å².